The van der Waals surface area contributed by atoms with Gasteiger partial charge in [0.25, 0.3) is 5.56 Å². The van der Waals surface area contributed by atoms with E-state index < -0.39 is 24.9 Å². The Hall–Kier alpha value is -4.55. The van der Waals surface area contributed by atoms with Crippen LogP contribution in [0.25, 0.3) is 27.7 Å². The molecule has 0 radical (unpaired) electrons. The first-order valence-corrected chi connectivity index (χ1v) is 11.2. The molecule has 0 amide bonds. The van der Waals surface area contributed by atoms with Crippen LogP contribution < -0.4 is 21.3 Å². The number of hydrogen-bond acceptors (Lipinski definition) is 7. The maximum Gasteiger partial charge on any atom is 0.405 e. The zero-order chi connectivity index (χ0) is 27.4. The number of nitrogens with zero attached hydrogens (tertiary/aromatic N) is 4. The van der Waals surface area contributed by atoms with Crippen molar-refractivity contribution in [2.75, 3.05) is 24.1 Å². The summed E-state index contributed by atoms with van der Waals surface area (Å²) in [6.07, 6.45) is -0.199. The van der Waals surface area contributed by atoms with E-state index in [0.717, 1.165) is 0 Å². The summed E-state index contributed by atoms with van der Waals surface area (Å²) in [6, 6.07) is 10.1. The Bertz CT molecular complexity index is 1530. The number of halogens is 5. The predicted octanol–water partition coefficient (Wildman–Crippen LogP) is 5.04. The molecule has 3 N–H and O–H groups in total. The lowest BCUT2D eigenvalue weighted by Crippen LogP contribution is -2.23. The smallest absolute Gasteiger partial charge is 0.405 e. The molecule has 38 heavy (non-hydrogen) atoms. The van der Waals surface area contributed by atoms with E-state index in [1.165, 1.54) is 41.2 Å². The molecule has 0 spiro atoms. The van der Waals surface area contributed by atoms with Crippen LogP contribution in [0.1, 0.15) is 12.5 Å². The van der Waals surface area contributed by atoms with E-state index in [9.17, 15) is 26.7 Å². The quantitative estimate of drug-likeness (QED) is 0.187. The Labute approximate surface area is 212 Å². The number of fused-ring (bicyclic) bond motifs is 1. The third kappa shape index (κ3) is 6.05. The predicted molar refractivity (Wildman–Crippen MR) is 134 cm³/mol. The molecule has 0 atom stereocenters. The molecule has 0 aliphatic heterocycles. The number of rotatable bonds is 8. The summed E-state index contributed by atoms with van der Waals surface area (Å²) < 4.78 is 69.0. The Morgan fingerprint density at radius 1 is 1.18 bits per heavy atom. The van der Waals surface area contributed by atoms with Gasteiger partial charge in [-0.1, -0.05) is 12.1 Å². The molecular weight excluding hydrogens is 511 g/mol. The molecule has 0 unspecified atom stereocenters. The topological polar surface area (TPSA) is 107 Å². The van der Waals surface area contributed by atoms with Gasteiger partial charge < -0.3 is 15.8 Å². The van der Waals surface area contributed by atoms with Crippen molar-refractivity contribution in [3.05, 3.63) is 70.8 Å². The first-order valence-electron chi connectivity index (χ1n) is 11.2. The van der Waals surface area contributed by atoms with Crippen molar-refractivity contribution in [3.63, 3.8) is 0 Å². The average molecular weight is 532 g/mol. The molecule has 0 bridgehead atoms. The van der Waals surface area contributed by atoms with Gasteiger partial charge in [0.15, 0.2) is 0 Å². The van der Waals surface area contributed by atoms with Crippen molar-refractivity contribution in [1.29, 1.82) is 0 Å². The number of nitrogens with two attached hydrogens (primary N) is 1. The molecule has 8 nitrogen and oxygen atoms in total. The maximum absolute atomic E-state index is 13.8. The number of ether oxygens (including phenoxy) is 1. The van der Waals surface area contributed by atoms with Crippen molar-refractivity contribution < 1.29 is 26.7 Å². The van der Waals surface area contributed by atoms with Gasteiger partial charge in [0, 0.05) is 47.5 Å². The fraction of sp³-hybridized carbons (Fsp3) is 0.200. The fourth-order valence-corrected chi connectivity index (χ4v) is 3.64. The number of alkyl halides is 5. The number of anilines is 2. The van der Waals surface area contributed by atoms with Gasteiger partial charge in [-0.15, -0.1) is 0 Å². The summed E-state index contributed by atoms with van der Waals surface area (Å²) in [5, 5.41) is 2.44. The number of pyridine rings is 1. The molecule has 2 heterocycles. The first-order chi connectivity index (χ1) is 18.1. The van der Waals surface area contributed by atoms with E-state index in [0.29, 0.717) is 28.9 Å². The minimum Gasteiger partial charge on any atom is -0.435 e. The molecule has 198 valence electrons. The summed E-state index contributed by atoms with van der Waals surface area (Å²) in [4.78, 5) is 26.1. The zero-order valence-corrected chi connectivity index (χ0v) is 19.8. The molecule has 0 aliphatic carbocycles. The number of nitrogens with one attached hydrogen (secondary N) is 1. The third-order valence-corrected chi connectivity index (χ3v) is 5.33. The van der Waals surface area contributed by atoms with Crippen molar-refractivity contribution in [2.24, 2.45) is 4.99 Å². The summed E-state index contributed by atoms with van der Waals surface area (Å²) in [5.41, 5.74) is 7.28. The summed E-state index contributed by atoms with van der Waals surface area (Å²) in [7, 11) is 0. The average Bonchev–Trinajstić information content (AvgIpc) is 2.86. The van der Waals surface area contributed by atoms with Gasteiger partial charge in [-0.3, -0.25) is 14.4 Å². The highest BCUT2D eigenvalue weighted by Gasteiger charge is 2.27. The summed E-state index contributed by atoms with van der Waals surface area (Å²) >= 11 is 0. The van der Waals surface area contributed by atoms with Crippen LogP contribution in [-0.4, -0.2) is 46.6 Å². The van der Waals surface area contributed by atoms with Crippen molar-refractivity contribution in [3.8, 4) is 22.6 Å². The van der Waals surface area contributed by atoms with Gasteiger partial charge in [-0.25, -0.2) is 9.97 Å². The van der Waals surface area contributed by atoms with Crippen molar-refractivity contribution in [2.45, 2.75) is 19.7 Å². The highest BCUT2D eigenvalue weighted by atomic mass is 19.4. The lowest BCUT2D eigenvalue weighted by molar-refractivity contribution is -0.115. The molecule has 0 saturated carbocycles. The Morgan fingerprint density at radius 2 is 1.92 bits per heavy atom. The van der Waals surface area contributed by atoms with Gasteiger partial charge in [0.2, 0.25) is 5.95 Å². The van der Waals surface area contributed by atoms with Crippen LogP contribution >= 0.6 is 0 Å². The van der Waals surface area contributed by atoms with Gasteiger partial charge in [-0.05, 0) is 42.8 Å². The third-order valence-electron chi connectivity index (χ3n) is 5.33. The van der Waals surface area contributed by atoms with Gasteiger partial charge in [-0.2, -0.15) is 22.0 Å². The first kappa shape index (κ1) is 26.5. The highest BCUT2D eigenvalue weighted by Crippen LogP contribution is 2.28. The van der Waals surface area contributed by atoms with Crippen LogP contribution in [0.3, 0.4) is 0 Å². The zero-order valence-electron chi connectivity index (χ0n) is 19.8. The summed E-state index contributed by atoms with van der Waals surface area (Å²) in [5.74, 6) is -0.471. The Balaban J connectivity index is 1.92. The van der Waals surface area contributed by atoms with E-state index in [2.05, 4.69) is 25.0 Å². The van der Waals surface area contributed by atoms with Crippen LogP contribution in [-0.2, 0) is 0 Å². The van der Waals surface area contributed by atoms with E-state index >= 15 is 0 Å². The van der Waals surface area contributed by atoms with Gasteiger partial charge in [0.1, 0.15) is 12.3 Å². The highest BCUT2D eigenvalue weighted by molar-refractivity contribution is 5.93. The van der Waals surface area contributed by atoms with E-state index in [-0.39, 0.29) is 28.3 Å². The molecule has 0 saturated heterocycles. The number of aliphatic imine (C=N–C) groups is 1. The Morgan fingerprint density at radius 3 is 2.58 bits per heavy atom. The monoisotopic (exact) mass is 532 g/mol. The second-order valence-electron chi connectivity index (χ2n) is 7.99. The van der Waals surface area contributed by atoms with Crippen LogP contribution in [0.4, 0.5) is 33.6 Å². The number of aromatic nitrogens is 3. The number of hydrogen-bond donors (Lipinski definition) is 2. The Kier molecular flexibility index (Phi) is 7.55. The summed E-state index contributed by atoms with van der Waals surface area (Å²) in [6.45, 7) is -2.04. The fourth-order valence-electron chi connectivity index (χ4n) is 3.64. The lowest BCUT2D eigenvalue weighted by atomic mass is 10.0. The minimum absolute atomic E-state index is 0.0177. The molecule has 4 rings (SSSR count). The van der Waals surface area contributed by atoms with E-state index in [1.54, 1.807) is 24.4 Å². The van der Waals surface area contributed by atoms with Gasteiger partial charge >= 0.3 is 12.8 Å². The lowest BCUT2D eigenvalue weighted by Gasteiger charge is -2.15. The van der Waals surface area contributed by atoms with E-state index in [1.807, 2.05) is 6.92 Å². The van der Waals surface area contributed by atoms with Gasteiger partial charge in [0.05, 0.1) is 11.1 Å². The second-order valence-corrected chi connectivity index (χ2v) is 7.99. The molecule has 2 aromatic heterocycles. The SMILES string of the molecule is CCN=Cc1cc(-n2cc3cnc(NCC(F)(F)F)nc3c(-c3ccc(OC(F)F)cc3)c2=O)ccc1N. The standard InChI is InChI=1S/C25H21F5N6O2/c1-2-32-10-15-9-17(5-8-19(15)31)36-12-16-11-33-24(34-13-25(28,29)30)35-21(16)20(22(36)37)14-3-6-18(7-4-14)38-23(26)27/h3-12,23H,2,13,31H2,1H3,(H,34,35). The normalized spacial score (nSPS) is 12.0. The van der Waals surface area contributed by atoms with E-state index in [4.69, 9.17) is 5.73 Å². The molecule has 13 heteroatoms. The minimum atomic E-state index is -4.51. The molecule has 0 aliphatic rings. The molecule has 0 fully saturated rings. The number of benzene rings is 2. The molecule has 4 aromatic rings. The van der Waals surface area contributed by atoms with Crippen LogP contribution in [0.5, 0.6) is 5.75 Å². The number of nitrogen functional groups attached to an aromatic ring is 1. The van der Waals surface area contributed by atoms with Crippen LogP contribution in [0.15, 0.2) is 64.6 Å². The molecule has 2 aromatic carbocycles. The maximum atomic E-state index is 13.8. The second kappa shape index (κ2) is 10.8. The van der Waals surface area contributed by atoms with Crippen molar-refractivity contribution in [1.82, 2.24) is 14.5 Å². The molecular formula is C25H21F5N6O2. The van der Waals surface area contributed by atoms with Crippen LogP contribution in [0.2, 0.25) is 0 Å². The van der Waals surface area contributed by atoms with Crippen molar-refractivity contribution >= 4 is 28.8 Å². The van der Waals surface area contributed by atoms with Crippen LogP contribution in [0, 0.1) is 0 Å². The largest absolute Gasteiger partial charge is 0.435 e.